The van der Waals surface area contributed by atoms with Crippen LogP contribution in [0.25, 0.3) is 0 Å². The fourth-order valence-corrected chi connectivity index (χ4v) is 2.50. The van der Waals surface area contributed by atoms with E-state index in [1.54, 1.807) is 11.9 Å². The summed E-state index contributed by atoms with van der Waals surface area (Å²) in [5.41, 5.74) is 1.30. The van der Waals surface area contributed by atoms with Gasteiger partial charge in [0.15, 0.2) is 0 Å². The van der Waals surface area contributed by atoms with Crippen LogP contribution in [0.2, 0.25) is 0 Å². The minimum Gasteiger partial charge on any atom is -0.359 e. The predicted octanol–water partition coefficient (Wildman–Crippen LogP) is -0.367. The topological polar surface area (TPSA) is 139 Å². The van der Waals surface area contributed by atoms with Crippen molar-refractivity contribution in [1.29, 1.82) is 0 Å². The maximum Gasteiger partial charge on any atom is 0.354 e. The lowest BCUT2D eigenvalue weighted by molar-refractivity contribution is -0.383. The number of nitrogens with two attached hydrogens (primary N) is 1. The third kappa shape index (κ3) is 2.57. The van der Waals surface area contributed by atoms with Crippen LogP contribution >= 0.6 is 0 Å². The molecule has 1 unspecified atom stereocenters. The molecule has 0 saturated carbocycles. The molecule has 0 radical (unpaired) electrons. The van der Waals surface area contributed by atoms with Crippen molar-refractivity contribution in [2.24, 2.45) is 11.3 Å². The van der Waals surface area contributed by atoms with Gasteiger partial charge in [-0.15, -0.1) is 0 Å². The van der Waals surface area contributed by atoms with Crippen LogP contribution in [0.5, 0.6) is 0 Å². The van der Waals surface area contributed by atoms with Crippen LogP contribution in [0.15, 0.2) is 6.33 Å². The Balaban J connectivity index is 2.36. The van der Waals surface area contributed by atoms with Crippen LogP contribution in [0.4, 0.5) is 17.3 Å². The van der Waals surface area contributed by atoms with Crippen molar-refractivity contribution < 1.29 is 9.72 Å². The minimum atomic E-state index is -0.607. The van der Waals surface area contributed by atoms with Gasteiger partial charge < -0.3 is 15.6 Å². The Morgan fingerprint density at radius 2 is 2.29 bits per heavy atom. The van der Waals surface area contributed by atoms with Crippen molar-refractivity contribution in [3.63, 3.8) is 0 Å². The number of nitrogen functional groups attached to an aromatic ring is 1. The van der Waals surface area contributed by atoms with E-state index >= 15 is 0 Å². The molecule has 0 aromatic carbocycles. The highest BCUT2D eigenvalue weighted by Crippen LogP contribution is 2.38. The van der Waals surface area contributed by atoms with Crippen LogP contribution in [-0.2, 0) is 4.79 Å². The molecule has 1 fully saturated rings. The van der Waals surface area contributed by atoms with E-state index in [1.165, 1.54) is 6.33 Å². The van der Waals surface area contributed by atoms with Crippen molar-refractivity contribution in [2.45, 2.75) is 13.3 Å². The summed E-state index contributed by atoms with van der Waals surface area (Å²) in [5, 5.41) is 13.8. The number of nitrogens with one attached hydrogen (secondary N) is 2. The van der Waals surface area contributed by atoms with Gasteiger partial charge in [-0.2, -0.15) is 0 Å². The first-order chi connectivity index (χ1) is 9.92. The van der Waals surface area contributed by atoms with Crippen LogP contribution in [0.1, 0.15) is 13.3 Å². The molecule has 1 amide bonds. The molecule has 0 bridgehead atoms. The molecular weight excluding hydrogens is 278 g/mol. The Kier molecular flexibility index (Phi) is 3.89. The van der Waals surface area contributed by atoms with Gasteiger partial charge in [0.1, 0.15) is 6.33 Å². The number of nitro groups is 1. The van der Waals surface area contributed by atoms with Gasteiger partial charge in [0, 0.05) is 20.1 Å². The fourth-order valence-electron chi connectivity index (χ4n) is 2.50. The van der Waals surface area contributed by atoms with Crippen LogP contribution in [-0.4, -0.2) is 40.9 Å². The molecule has 10 nitrogen and oxygen atoms in total. The molecule has 1 aliphatic heterocycles. The maximum atomic E-state index is 11.9. The summed E-state index contributed by atoms with van der Waals surface area (Å²) < 4.78 is 0. The summed E-state index contributed by atoms with van der Waals surface area (Å²) >= 11 is 0. The summed E-state index contributed by atoms with van der Waals surface area (Å²) in [6, 6.07) is 0. The number of anilines is 2. The van der Waals surface area contributed by atoms with Gasteiger partial charge in [-0.25, -0.2) is 15.8 Å². The Morgan fingerprint density at radius 3 is 2.86 bits per heavy atom. The lowest BCUT2D eigenvalue weighted by Crippen LogP contribution is -2.39. The molecule has 2 heterocycles. The number of nitrogens with zero attached hydrogens (tertiary/aromatic N) is 4. The van der Waals surface area contributed by atoms with Gasteiger partial charge in [0.05, 0.1) is 10.3 Å². The normalized spacial score (nSPS) is 21.2. The second kappa shape index (κ2) is 5.48. The Bertz CT molecular complexity index is 579. The zero-order valence-electron chi connectivity index (χ0n) is 11.8. The van der Waals surface area contributed by atoms with E-state index in [9.17, 15) is 14.9 Å². The number of hydrogen-bond donors (Lipinski definition) is 3. The molecule has 21 heavy (non-hydrogen) atoms. The molecule has 10 heteroatoms. The fraction of sp³-hybridized carbons (Fsp3) is 0.545. The van der Waals surface area contributed by atoms with Gasteiger partial charge in [-0.1, -0.05) is 0 Å². The largest absolute Gasteiger partial charge is 0.359 e. The Morgan fingerprint density at radius 1 is 1.57 bits per heavy atom. The van der Waals surface area contributed by atoms with Crippen LogP contribution in [0.3, 0.4) is 0 Å². The number of carbonyl (C=O) groups is 1. The highest BCUT2D eigenvalue weighted by Gasteiger charge is 2.42. The monoisotopic (exact) mass is 295 g/mol. The van der Waals surface area contributed by atoms with Crippen molar-refractivity contribution in [2.75, 3.05) is 30.5 Å². The van der Waals surface area contributed by atoms with E-state index in [0.717, 1.165) is 0 Å². The summed E-state index contributed by atoms with van der Waals surface area (Å²) in [6.45, 7) is 2.65. The zero-order valence-corrected chi connectivity index (χ0v) is 11.8. The van der Waals surface area contributed by atoms with Gasteiger partial charge in [0.25, 0.3) is 0 Å². The van der Waals surface area contributed by atoms with E-state index in [4.69, 9.17) is 5.84 Å². The summed E-state index contributed by atoms with van der Waals surface area (Å²) in [6.07, 6.45) is 1.78. The van der Waals surface area contributed by atoms with Crippen LogP contribution < -0.4 is 21.5 Å². The van der Waals surface area contributed by atoms with Gasteiger partial charge in [-0.05, 0) is 13.3 Å². The van der Waals surface area contributed by atoms with Crippen molar-refractivity contribution in [3.05, 3.63) is 16.4 Å². The molecule has 4 N–H and O–H groups in total. The molecule has 1 aromatic heterocycles. The minimum absolute atomic E-state index is 0.0569. The number of amides is 1. The zero-order chi connectivity index (χ0) is 15.6. The van der Waals surface area contributed by atoms with Gasteiger partial charge in [0.2, 0.25) is 17.5 Å². The molecule has 0 aliphatic carbocycles. The molecule has 1 aliphatic rings. The highest BCUT2D eigenvalue weighted by atomic mass is 16.6. The van der Waals surface area contributed by atoms with Crippen molar-refractivity contribution in [1.82, 2.24) is 15.3 Å². The molecule has 114 valence electrons. The summed E-state index contributed by atoms with van der Waals surface area (Å²) in [7, 11) is 1.57. The number of hydrazine groups is 1. The predicted molar refractivity (Wildman–Crippen MR) is 75.5 cm³/mol. The average Bonchev–Trinajstić information content (AvgIpc) is 2.89. The number of rotatable bonds is 4. The number of carbonyl (C=O) groups excluding carboxylic acids is 1. The van der Waals surface area contributed by atoms with E-state index in [2.05, 4.69) is 20.7 Å². The average molecular weight is 295 g/mol. The molecule has 1 atom stereocenters. The van der Waals surface area contributed by atoms with E-state index in [-0.39, 0.29) is 23.2 Å². The maximum absolute atomic E-state index is 11.9. The van der Waals surface area contributed by atoms with E-state index in [1.807, 2.05) is 6.92 Å². The molecular formula is C11H17N7O3. The van der Waals surface area contributed by atoms with E-state index < -0.39 is 10.3 Å². The van der Waals surface area contributed by atoms with Gasteiger partial charge in [-0.3, -0.25) is 14.9 Å². The second-order valence-electron chi connectivity index (χ2n) is 5.11. The SMILES string of the molecule is CNC(=O)C1(C)CCN(c2ncnc(NN)c2[N+](=O)[O-])C1. The second-order valence-corrected chi connectivity index (χ2v) is 5.11. The molecule has 1 saturated heterocycles. The molecule has 1 aromatic rings. The number of aromatic nitrogens is 2. The standard InChI is InChI=1S/C11H17N7O3/c1-11(10(19)13-2)3-4-17(5-11)9-7(18(20)21)8(16-12)14-6-15-9/h6H,3-5,12H2,1-2H3,(H,13,19)(H,14,15,16). The lowest BCUT2D eigenvalue weighted by atomic mass is 9.89. The van der Waals surface area contributed by atoms with E-state index in [0.29, 0.717) is 19.5 Å². The quantitative estimate of drug-likeness (QED) is 0.388. The number of hydrogen-bond acceptors (Lipinski definition) is 8. The highest BCUT2D eigenvalue weighted by molar-refractivity contribution is 5.84. The first-order valence-corrected chi connectivity index (χ1v) is 6.36. The lowest BCUT2D eigenvalue weighted by Gasteiger charge is -2.23. The molecule has 2 rings (SSSR count). The van der Waals surface area contributed by atoms with Crippen molar-refractivity contribution in [3.8, 4) is 0 Å². The molecule has 0 spiro atoms. The van der Waals surface area contributed by atoms with Gasteiger partial charge >= 0.3 is 5.69 Å². The third-order valence-electron chi connectivity index (χ3n) is 3.67. The smallest absolute Gasteiger partial charge is 0.354 e. The van der Waals surface area contributed by atoms with Crippen molar-refractivity contribution >= 4 is 23.2 Å². The Labute approximate surface area is 120 Å². The first kappa shape index (κ1) is 14.9. The Hall–Kier alpha value is -2.49. The summed E-state index contributed by atoms with van der Waals surface area (Å²) in [4.78, 5) is 32.0. The first-order valence-electron chi connectivity index (χ1n) is 6.36. The van der Waals surface area contributed by atoms with Crippen LogP contribution in [0, 0.1) is 15.5 Å². The summed E-state index contributed by atoms with van der Waals surface area (Å²) in [5.74, 6) is 5.26. The third-order valence-corrected chi connectivity index (χ3v) is 3.67.